The molecule has 2 aromatic carbocycles. The molecule has 0 bridgehead atoms. The molecule has 4 amide bonds. The van der Waals surface area contributed by atoms with Crippen LogP contribution in [0.15, 0.2) is 59.8 Å². The van der Waals surface area contributed by atoms with Crippen LogP contribution in [0.1, 0.15) is 30.0 Å². The number of carbonyl (C=O) groups is 3. The van der Waals surface area contributed by atoms with Crippen molar-refractivity contribution in [1.82, 2.24) is 20.5 Å². The number of anilines is 2. The number of pyridine rings is 1. The maximum Gasteiger partial charge on any atom is 0.327 e. The van der Waals surface area contributed by atoms with Crippen LogP contribution in [0.3, 0.4) is 0 Å². The maximum absolute atomic E-state index is 15.5. The van der Waals surface area contributed by atoms with Crippen LogP contribution >= 0.6 is 11.8 Å². The van der Waals surface area contributed by atoms with Crippen LogP contribution in [0.2, 0.25) is 0 Å². The lowest BCUT2D eigenvalue weighted by Gasteiger charge is -2.36. The van der Waals surface area contributed by atoms with Crippen molar-refractivity contribution in [3.63, 3.8) is 0 Å². The number of hydrogen-bond donors (Lipinski definition) is 3. The maximum atomic E-state index is 15.5. The Morgan fingerprint density at radius 3 is 2.78 bits per heavy atom. The smallest absolute Gasteiger partial charge is 0.327 e. The molecule has 3 aliphatic rings. The summed E-state index contributed by atoms with van der Waals surface area (Å²) in [6.07, 6.45) is 2.98. The third-order valence-corrected chi connectivity index (χ3v) is 8.84. The number of para-hydroxylation sites is 1. The van der Waals surface area contributed by atoms with E-state index < -0.39 is 29.7 Å². The van der Waals surface area contributed by atoms with Crippen molar-refractivity contribution in [2.75, 3.05) is 24.6 Å². The summed E-state index contributed by atoms with van der Waals surface area (Å²) in [5.74, 6) is -0.690. The second-order valence-corrected chi connectivity index (χ2v) is 11.3. The van der Waals surface area contributed by atoms with Gasteiger partial charge in [0.1, 0.15) is 22.6 Å². The summed E-state index contributed by atoms with van der Waals surface area (Å²) in [6.45, 7) is 1.87. The predicted octanol–water partition coefficient (Wildman–Crippen LogP) is 3.80. The summed E-state index contributed by atoms with van der Waals surface area (Å²) in [6, 6.07) is 12.3. The van der Waals surface area contributed by atoms with Gasteiger partial charge >= 0.3 is 6.03 Å². The molecule has 6 rings (SSSR count). The van der Waals surface area contributed by atoms with Gasteiger partial charge in [-0.25, -0.2) is 14.2 Å². The predicted molar refractivity (Wildman–Crippen MR) is 150 cm³/mol. The molecule has 3 aromatic rings. The average molecular weight is 578 g/mol. The zero-order chi connectivity index (χ0) is 28.7. The number of nitrogens with zero attached hydrogens (tertiary/aromatic N) is 3. The standard InChI is InChI=1S/C29H28FN5O5S/c1-16-19(9-10-21(24(16)30)40-18-7-3-2-4-8-18)35-20-11-12-31-28-23(20)25(33-29(35)39)26(41-28)27(38)32-17-6-5-13-34(14-17)22(37)15-36/h2-4,7-12,17,25-26,36H,5-6,13-15H2,1H3,(H,32,38)(H,33,39)/t17?,25?,26-/m1/s1. The number of ether oxygens (including phenoxy) is 1. The summed E-state index contributed by atoms with van der Waals surface area (Å²) in [4.78, 5) is 46.3. The van der Waals surface area contributed by atoms with Gasteiger partial charge in [0, 0.05) is 36.5 Å². The Kier molecular flexibility index (Phi) is 7.26. The second-order valence-electron chi connectivity index (χ2n) is 10.1. The number of piperidine rings is 1. The Bertz CT molecular complexity index is 1520. The highest BCUT2D eigenvalue weighted by Gasteiger charge is 2.47. The van der Waals surface area contributed by atoms with E-state index in [0.717, 1.165) is 0 Å². The molecule has 3 N–H and O–H groups in total. The first-order valence-corrected chi connectivity index (χ1v) is 14.2. The fourth-order valence-corrected chi connectivity index (χ4v) is 6.79. The van der Waals surface area contributed by atoms with Crippen LogP contribution in [-0.2, 0) is 9.59 Å². The monoisotopic (exact) mass is 577 g/mol. The first-order chi connectivity index (χ1) is 19.9. The van der Waals surface area contributed by atoms with E-state index in [9.17, 15) is 19.5 Å². The topological polar surface area (TPSA) is 124 Å². The third-order valence-electron chi connectivity index (χ3n) is 7.55. The number of thioether (sulfide) groups is 1. The number of nitrogens with one attached hydrogen (secondary N) is 2. The number of hydrogen-bond acceptors (Lipinski definition) is 7. The second kappa shape index (κ2) is 11.0. The average Bonchev–Trinajstić information content (AvgIpc) is 3.36. The number of carbonyl (C=O) groups excluding carboxylic acids is 3. The highest BCUT2D eigenvalue weighted by atomic mass is 32.2. The van der Waals surface area contributed by atoms with Crippen molar-refractivity contribution in [1.29, 1.82) is 0 Å². The van der Waals surface area contributed by atoms with Crippen LogP contribution in [0.5, 0.6) is 11.5 Å². The Morgan fingerprint density at radius 2 is 2.00 bits per heavy atom. The van der Waals surface area contributed by atoms with Crippen LogP contribution in [0.25, 0.3) is 0 Å². The molecule has 1 fully saturated rings. The van der Waals surface area contributed by atoms with E-state index in [1.54, 1.807) is 54.4 Å². The Hall–Kier alpha value is -4.16. The normalized spacial score (nSPS) is 21.2. The van der Waals surface area contributed by atoms with Crippen molar-refractivity contribution < 1.29 is 28.6 Å². The van der Waals surface area contributed by atoms with Crippen LogP contribution < -0.4 is 20.3 Å². The molecule has 4 heterocycles. The molecule has 3 aliphatic heterocycles. The number of benzene rings is 2. The van der Waals surface area contributed by atoms with Crippen LogP contribution in [0, 0.1) is 12.7 Å². The van der Waals surface area contributed by atoms with Crippen molar-refractivity contribution >= 4 is 41.0 Å². The van der Waals surface area contributed by atoms with Gasteiger partial charge in [-0.05, 0) is 50.1 Å². The number of urea groups is 1. The zero-order valence-corrected chi connectivity index (χ0v) is 23.0. The Labute approximate surface area is 239 Å². The summed E-state index contributed by atoms with van der Waals surface area (Å²) in [5, 5.41) is 15.1. The van der Waals surface area contributed by atoms with Gasteiger partial charge < -0.3 is 25.4 Å². The number of aliphatic hydroxyl groups is 1. The van der Waals surface area contributed by atoms with Crippen LogP contribution in [-0.4, -0.2) is 63.8 Å². The summed E-state index contributed by atoms with van der Waals surface area (Å²) in [7, 11) is 0. The zero-order valence-electron chi connectivity index (χ0n) is 22.2. The van der Waals surface area contributed by atoms with E-state index in [0.29, 0.717) is 53.6 Å². The van der Waals surface area contributed by atoms with Gasteiger partial charge in [0.05, 0.1) is 17.4 Å². The van der Waals surface area contributed by atoms with Gasteiger partial charge in [-0.2, -0.15) is 0 Å². The number of likely N-dealkylation sites (tertiary alicyclic amines) is 1. The van der Waals surface area contributed by atoms with E-state index in [-0.39, 0.29) is 29.2 Å². The molecule has 12 heteroatoms. The van der Waals surface area contributed by atoms with Crippen molar-refractivity contribution in [2.24, 2.45) is 0 Å². The molecule has 10 nitrogen and oxygen atoms in total. The lowest BCUT2D eigenvalue weighted by atomic mass is 9.98. The molecule has 0 spiro atoms. The van der Waals surface area contributed by atoms with Gasteiger partial charge in [0.25, 0.3) is 0 Å². The number of aliphatic hydroxyl groups excluding tert-OH is 1. The number of rotatable bonds is 6. The Balaban J connectivity index is 1.25. The van der Waals surface area contributed by atoms with E-state index in [2.05, 4.69) is 15.6 Å². The lowest BCUT2D eigenvalue weighted by molar-refractivity contribution is -0.136. The highest BCUT2D eigenvalue weighted by Crippen LogP contribution is 2.51. The van der Waals surface area contributed by atoms with Crippen molar-refractivity contribution in [3.8, 4) is 11.5 Å². The summed E-state index contributed by atoms with van der Waals surface area (Å²) in [5.41, 5.74) is 1.81. The van der Waals surface area contributed by atoms with Crippen molar-refractivity contribution in [2.45, 2.75) is 42.1 Å². The third kappa shape index (κ3) is 4.97. The molecule has 1 aromatic heterocycles. The highest BCUT2D eigenvalue weighted by molar-refractivity contribution is 8.01. The molecule has 1 saturated heterocycles. The fraction of sp³-hybridized carbons (Fsp3) is 0.310. The number of halogens is 1. The van der Waals surface area contributed by atoms with Gasteiger partial charge in [-0.3, -0.25) is 14.5 Å². The van der Waals surface area contributed by atoms with E-state index in [4.69, 9.17) is 4.74 Å². The molecule has 41 heavy (non-hydrogen) atoms. The van der Waals surface area contributed by atoms with Gasteiger partial charge in [0.2, 0.25) is 11.8 Å². The quantitative estimate of drug-likeness (QED) is 0.407. The largest absolute Gasteiger partial charge is 0.454 e. The molecule has 0 aliphatic carbocycles. The minimum absolute atomic E-state index is 0.0435. The molecule has 2 unspecified atom stereocenters. The van der Waals surface area contributed by atoms with E-state index in [1.807, 2.05) is 6.07 Å². The summed E-state index contributed by atoms with van der Waals surface area (Å²) >= 11 is 1.26. The van der Waals surface area contributed by atoms with Gasteiger partial charge in [-0.1, -0.05) is 30.0 Å². The molecule has 0 radical (unpaired) electrons. The minimum Gasteiger partial charge on any atom is -0.454 e. The number of amides is 4. The Morgan fingerprint density at radius 1 is 1.20 bits per heavy atom. The molecule has 3 atom stereocenters. The van der Waals surface area contributed by atoms with Gasteiger partial charge in [0.15, 0.2) is 11.6 Å². The first-order valence-electron chi connectivity index (χ1n) is 13.3. The number of aromatic nitrogens is 1. The molecular weight excluding hydrogens is 549 g/mol. The summed E-state index contributed by atoms with van der Waals surface area (Å²) < 4.78 is 21.2. The molecule has 212 valence electrons. The SMILES string of the molecule is Cc1c(N2C(=O)NC3c4c2ccnc4S[C@H]3C(=O)NC2CCCN(C(=O)CO)C2)ccc(Oc2ccccc2)c1F. The minimum atomic E-state index is -0.673. The molecule has 0 saturated carbocycles. The molecular formula is C29H28FN5O5S. The van der Waals surface area contributed by atoms with Gasteiger partial charge in [-0.15, -0.1) is 0 Å². The van der Waals surface area contributed by atoms with E-state index >= 15 is 4.39 Å². The first kappa shape index (κ1) is 27.0. The van der Waals surface area contributed by atoms with Crippen LogP contribution in [0.4, 0.5) is 20.6 Å². The lowest BCUT2D eigenvalue weighted by Crippen LogP contribution is -2.54. The van der Waals surface area contributed by atoms with E-state index in [1.165, 1.54) is 22.7 Å². The van der Waals surface area contributed by atoms with Crippen molar-refractivity contribution in [3.05, 3.63) is 71.7 Å². The fourth-order valence-electron chi connectivity index (χ4n) is 5.56.